The van der Waals surface area contributed by atoms with Gasteiger partial charge < -0.3 is 34.5 Å². The topological polar surface area (TPSA) is 124 Å². The summed E-state index contributed by atoms with van der Waals surface area (Å²) < 4.78 is 22.8. The van der Waals surface area contributed by atoms with Crippen LogP contribution in [0.15, 0.2) is 0 Å². The molecule has 156 valence electrons. The first-order valence-corrected chi connectivity index (χ1v) is 9.46. The molecule has 0 radical (unpaired) electrons. The van der Waals surface area contributed by atoms with E-state index in [0.29, 0.717) is 12.8 Å². The van der Waals surface area contributed by atoms with Gasteiger partial charge in [0.1, 0.15) is 30.5 Å². The lowest BCUT2D eigenvalue weighted by molar-refractivity contribution is -0.288. The smallest absolute Gasteiger partial charge is 0.303 e. The molecule has 0 aliphatic carbocycles. The van der Waals surface area contributed by atoms with Gasteiger partial charge in [0.25, 0.3) is 0 Å². The summed E-state index contributed by atoms with van der Waals surface area (Å²) in [6.45, 7) is 8.05. The lowest BCUT2D eigenvalue weighted by Gasteiger charge is -2.45. The molecular formula is C18H31NO8. The fraction of sp³-hybridized carbons (Fsp3) is 0.889. The molecule has 0 spiro atoms. The number of hydrogen-bond acceptors (Lipinski definition) is 8. The van der Waals surface area contributed by atoms with E-state index in [1.165, 1.54) is 13.8 Å². The van der Waals surface area contributed by atoms with Gasteiger partial charge in [-0.15, -0.1) is 0 Å². The molecule has 0 saturated carbocycles. The molecule has 2 aliphatic rings. The Morgan fingerprint density at radius 2 is 1.59 bits per heavy atom. The molecule has 9 nitrogen and oxygen atoms in total. The summed E-state index contributed by atoms with van der Waals surface area (Å²) in [5, 5.41) is 23.8. The van der Waals surface area contributed by atoms with E-state index in [0.717, 1.165) is 0 Å². The van der Waals surface area contributed by atoms with E-state index in [-0.39, 0.29) is 6.10 Å². The van der Waals surface area contributed by atoms with Crippen molar-refractivity contribution in [2.75, 3.05) is 0 Å². The van der Waals surface area contributed by atoms with Crippen LogP contribution in [0.3, 0.4) is 0 Å². The molecule has 0 bridgehead atoms. The standard InChI is InChI=1S/C18H31NO8/c1-6-11-16(14(22)8(3)24-11)27-18-13(19-9(4)20)15(23)17(25-10(5)21)12(7-2)26-18/h8,11-18,22-23H,6-7H2,1-5H3,(H,19,20)/t8?,11-,12+,13-,14+,15-,16-,17-,18-/m1/s1. The number of carbonyl (C=O) groups excluding carboxylic acids is 2. The van der Waals surface area contributed by atoms with Crippen LogP contribution in [-0.4, -0.2) is 77.1 Å². The Kier molecular flexibility index (Phi) is 7.58. The lowest BCUT2D eigenvalue weighted by Crippen LogP contribution is -2.65. The SMILES string of the molecule is CC[C@@H]1O[C@H](O[C@@H]2[C@@H](CC)OC(C)[C@@H]2O)[C@H](NC(C)=O)[C@@H](O)[C@@H]1OC(C)=O. The summed E-state index contributed by atoms with van der Waals surface area (Å²) in [4.78, 5) is 23.1. The first kappa shape index (κ1) is 22.0. The van der Waals surface area contributed by atoms with Crippen molar-refractivity contribution >= 4 is 11.9 Å². The fourth-order valence-electron chi connectivity index (χ4n) is 3.66. The van der Waals surface area contributed by atoms with Crippen molar-refractivity contribution in [2.24, 2.45) is 0 Å². The Hall–Kier alpha value is -1.26. The number of rotatable bonds is 6. The van der Waals surface area contributed by atoms with Crippen molar-refractivity contribution in [3.8, 4) is 0 Å². The molecule has 2 rings (SSSR count). The summed E-state index contributed by atoms with van der Waals surface area (Å²) in [6.07, 6.45) is -4.98. The molecule has 9 atom stereocenters. The second-order valence-corrected chi connectivity index (χ2v) is 7.12. The van der Waals surface area contributed by atoms with E-state index < -0.39 is 60.8 Å². The zero-order chi connectivity index (χ0) is 20.3. The molecule has 3 N–H and O–H groups in total. The van der Waals surface area contributed by atoms with Crippen LogP contribution in [0.4, 0.5) is 0 Å². The number of hydrogen-bond donors (Lipinski definition) is 3. The molecule has 2 saturated heterocycles. The third kappa shape index (κ3) is 4.97. The van der Waals surface area contributed by atoms with Gasteiger partial charge in [-0.05, 0) is 19.8 Å². The highest BCUT2D eigenvalue weighted by Crippen LogP contribution is 2.32. The predicted octanol–water partition coefficient (Wildman–Crippen LogP) is -0.138. The van der Waals surface area contributed by atoms with Crippen LogP contribution in [0.2, 0.25) is 0 Å². The van der Waals surface area contributed by atoms with E-state index in [2.05, 4.69) is 5.32 Å². The van der Waals surface area contributed by atoms with Gasteiger partial charge in [-0.2, -0.15) is 0 Å². The molecule has 1 amide bonds. The first-order chi connectivity index (χ1) is 12.7. The van der Waals surface area contributed by atoms with Crippen LogP contribution in [0.1, 0.15) is 47.5 Å². The average Bonchev–Trinajstić information content (AvgIpc) is 2.87. The highest BCUT2D eigenvalue weighted by molar-refractivity contribution is 5.73. The third-order valence-corrected chi connectivity index (χ3v) is 5.01. The van der Waals surface area contributed by atoms with Crippen molar-refractivity contribution in [3.63, 3.8) is 0 Å². The quantitative estimate of drug-likeness (QED) is 0.537. The number of aliphatic hydroxyl groups is 2. The third-order valence-electron chi connectivity index (χ3n) is 5.01. The van der Waals surface area contributed by atoms with Crippen LogP contribution in [-0.2, 0) is 28.5 Å². The van der Waals surface area contributed by atoms with Gasteiger partial charge in [-0.1, -0.05) is 13.8 Å². The Bertz CT molecular complexity index is 529. The Morgan fingerprint density at radius 1 is 1.00 bits per heavy atom. The van der Waals surface area contributed by atoms with Gasteiger partial charge in [0.15, 0.2) is 12.4 Å². The van der Waals surface area contributed by atoms with Gasteiger partial charge in [0.2, 0.25) is 5.91 Å². The van der Waals surface area contributed by atoms with Crippen LogP contribution in [0.5, 0.6) is 0 Å². The average molecular weight is 389 g/mol. The predicted molar refractivity (Wildman–Crippen MR) is 93.6 cm³/mol. The van der Waals surface area contributed by atoms with E-state index in [4.69, 9.17) is 18.9 Å². The maximum absolute atomic E-state index is 11.6. The number of aliphatic hydroxyl groups excluding tert-OH is 2. The molecule has 0 aromatic carbocycles. The minimum atomic E-state index is -1.22. The number of amides is 1. The molecule has 0 aromatic rings. The zero-order valence-corrected chi connectivity index (χ0v) is 16.5. The Labute approximate surface area is 159 Å². The number of ether oxygens (including phenoxy) is 4. The van der Waals surface area contributed by atoms with E-state index in [9.17, 15) is 19.8 Å². The largest absolute Gasteiger partial charge is 0.457 e. The Balaban J connectivity index is 2.24. The van der Waals surface area contributed by atoms with E-state index in [1.54, 1.807) is 6.92 Å². The number of carbonyl (C=O) groups is 2. The summed E-state index contributed by atoms with van der Waals surface area (Å²) in [5.41, 5.74) is 0. The van der Waals surface area contributed by atoms with Gasteiger partial charge in [-0.25, -0.2) is 0 Å². The number of nitrogens with one attached hydrogen (secondary N) is 1. The number of esters is 1. The van der Waals surface area contributed by atoms with Crippen molar-refractivity contribution in [2.45, 2.75) is 103 Å². The normalized spacial score (nSPS) is 42.0. The molecule has 9 heteroatoms. The highest BCUT2D eigenvalue weighted by atomic mass is 16.7. The van der Waals surface area contributed by atoms with Gasteiger partial charge >= 0.3 is 5.97 Å². The summed E-state index contributed by atoms with van der Waals surface area (Å²) in [6, 6.07) is -0.963. The van der Waals surface area contributed by atoms with Crippen molar-refractivity contribution < 1.29 is 38.7 Å². The summed E-state index contributed by atoms with van der Waals surface area (Å²) in [5.74, 6) is -0.946. The Morgan fingerprint density at radius 3 is 2.11 bits per heavy atom. The van der Waals surface area contributed by atoms with Crippen LogP contribution >= 0.6 is 0 Å². The van der Waals surface area contributed by atoms with Crippen molar-refractivity contribution in [1.82, 2.24) is 5.32 Å². The monoisotopic (exact) mass is 389 g/mol. The van der Waals surface area contributed by atoms with Crippen LogP contribution in [0, 0.1) is 0 Å². The molecule has 0 aromatic heterocycles. The minimum Gasteiger partial charge on any atom is -0.457 e. The maximum atomic E-state index is 11.6. The van der Waals surface area contributed by atoms with Crippen molar-refractivity contribution in [3.05, 3.63) is 0 Å². The van der Waals surface area contributed by atoms with Crippen LogP contribution in [0.25, 0.3) is 0 Å². The zero-order valence-electron chi connectivity index (χ0n) is 16.5. The van der Waals surface area contributed by atoms with Gasteiger partial charge in [0.05, 0.1) is 12.2 Å². The fourth-order valence-corrected chi connectivity index (χ4v) is 3.66. The van der Waals surface area contributed by atoms with Crippen molar-refractivity contribution in [1.29, 1.82) is 0 Å². The molecule has 1 unspecified atom stereocenters. The second-order valence-electron chi connectivity index (χ2n) is 7.12. The van der Waals surface area contributed by atoms with Gasteiger partial charge in [0, 0.05) is 13.8 Å². The minimum absolute atomic E-state index is 0.333. The van der Waals surface area contributed by atoms with E-state index in [1.807, 2.05) is 13.8 Å². The van der Waals surface area contributed by atoms with E-state index >= 15 is 0 Å². The maximum Gasteiger partial charge on any atom is 0.303 e. The molecule has 2 heterocycles. The lowest BCUT2D eigenvalue weighted by atomic mass is 9.94. The second kappa shape index (κ2) is 9.29. The molecule has 2 aliphatic heterocycles. The highest BCUT2D eigenvalue weighted by Gasteiger charge is 2.51. The van der Waals surface area contributed by atoms with Crippen LogP contribution < -0.4 is 5.32 Å². The molecule has 2 fully saturated rings. The summed E-state index contributed by atoms with van der Waals surface area (Å²) >= 11 is 0. The van der Waals surface area contributed by atoms with Gasteiger partial charge in [-0.3, -0.25) is 9.59 Å². The summed E-state index contributed by atoms with van der Waals surface area (Å²) in [7, 11) is 0. The molecular weight excluding hydrogens is 358 g/mol. The molecule has 27 heavy (non-hydrogen) atoms. The first-order valence-electron chi connectivity index (χ1n) is 9.46.